The number of carbonyl (C=O) groups is 1. The summed E-state index contributed by atoms with van der Waals surface area (Å²) < 4.78 is 9.81. The largest absolute Gasteiger partial charge is 0.447 e. The van der Waals surface area contributed by atoms with E-state index in [1.54, 1.807) is 7.11 Å². The number of ether oxygens (including phenoxy) is 2. The van der Waals surface area contributed by atoms with Gasteiger partial charge in [-0.15, -0.1) is 0 Å². The van der Waals surface area contributed by atoms with E-state index < -0.39 is 6.09 Å². The lowest BCUT2D eigenvalue weighted by Gasteiger charge is -2.07. The van der Waals surface area contributed by atoms with Crippen LogP contribution in [0.5, 0.6) is 0 Å². The minimum absolute atomic E-state index is 0.217. The van der Waals surface area contributed by atoms with Crippen LogP contribution in [0.25, 0.3) is 22.6 Å². The van der Waals surface area contributed by atoms with Gasteiger partial charge >= 0.3 is 6.09 Å². The van der Waals surface area contributed by atoms with Gasteiger partial charge in [0.2, 0.25) is 0 Å². The molecule has 0 aliphatic heterocycles. The minimum atomic E-state index is -0.504. The molecule has 1 amide bonds. The summed E-state index contributed by atoms with van der Waals surface area (Å²) in [5, 5.41) is 2.67. The first-order chi connectivity index (χ1) is 13.2. The molecule has 0 aliphatic carbocycles. The summed E-state index contributed by atoms with van der Waals surface area (Å²) in [6.45, 7) is 2.73. The van der Waals surface area contributed by atoms with Gasteiger partial charge in [0.05, 0.1) is 18.5 Å². The van der Waals surface area contributed by atoms with Crippen molar-refractivity contribution in [1.29, 1.82) is 0 Å². The van der Waals surface area contributed by atoms with Crippen molar-refractivity contribution in [1.82, 2.24) is 9.97 Å². The highest BCUT2D eigenvalue weighted by Crippen LogP contribution is 2.23. The summed E-state index contributed by atoms with van der Waals surface area (Å²) >= 11 is 0. The second-order valence-corrected chi connectivity index (χ2v) is 6.03. The second-order valence-electron chi connectivity index (χ2n) is 6.03. The van der Waals surface area contributed by atoms with Crippen molar-refractivity contribution in [2.45, 2.75) is 13.3 Å². The highest BCUT2D eigenvalue weighted by molar-refractivity contribution is 5.85. The zero-order valence-corrected chi connectivity index (χ0v) is 15.5. The lowest BCUT2D eigenvalue weighted by Crippen LogP contribution is -2.16. The Morgan fingerprint density at radius 3 is 2.41 bits per heavy atom. The molecular weight excluding hydrogens is 342 g/mol. The van der Waals surface area contributed by atoms with Gasteiger partial charge in [-0.3, -0.25) is 5.32 Å². The molecule has 0 atom stereocenters. The normalized spacial score (nSPS) is 10.6. The monoisotopic (exact) mass is 365 g/mol. The number of amides is 1. The maximum atomic E-state index is 11.6. The van der Waals surface area contributed by atoms with Crippen molar-refractivity contribution in [2.75, 3.05) is 25.6 Å². The van der Waals surface area contributed by atoms with E-state index in [1.165, 1.54) is 5.56 Å². The Balaban J connectivity index is 1.65. The zero-order chi connectivity index (χ0) is 19.1. The van der Waals surface area contributed by atoms with Crippen LogP contribution in [0.3, 0.4) is 0 Å². The first kappa shape index (κ1) is 18.7. The van der Waals surface area contributed by atoms with Crippen LogP contribution in [-0.2, 0) is 15.9 Å². The van der Waals surface area contributed by atoms with Crippen LogP contribution in [0.1, 0.15) is 12.5 Å². The van der Waals surface area contributed by atoms with E-state index in [4.69, 9.17) is 9.47 Å². The van der Waals surface area contributed by atoms with E-state index in [9.17, 15) is 4.79 Å². The number of aryl methyl sites for hydroxylation is 1. The van der Waals surface area contributed by atoms with Crippen LogP contribution in [0.15, 0.2) is 54.7 Å². The fourth-order valence-corrected chi connectivity index (χ4v) is 2.62. The van der Waals surface area contributed by atoms with Crippen LogP contribution < -0.4 is 5.32 Å². The number of nitrogens with zero attached hydrogens (tertiary/aromatic N) is 1. The van der Waals surface area contributed by atoms with Crippen molar-refractivity contribution < 1.29 is 14.3 Å². The van der Waals surface area contributed by atoms with Crippen LogP contribution in [-0.4, -0.2) is 36.4 Å². The quantitative estimate of drug-likeness (QED) is 0.604. The molecule has 3 aromatic rings. The Hall–Kier alpha value is -3.12. The van der Waals surface area contributed by atoms with E-state index >= 15 is 0 Å². The van der Waals surface area contributed by atoms with Crippen molar-refractivity contribution in [3.63, 3.8) is 0 Å². The molecule has 140 valence electrons. The summed E-state index contributed by atoms with van der Waals surface area (Å²) in [4.78, 5) is 19.4. The Labute approximate surface area is 158 Å². The molecule has 1 aromatic heterocycles. The van der Waals surface area contributed by atoms with Gasteiger partial charge in [0.1, 0.15) is 12.4 Å². The number of hydrogen-bond acceptors (Lipinski definition) is 4. The lowest BCUT2D eigenvalue weighted by atomic mass is 10.1. The second kappa shape index (κ2) is 9.00. The molecule has 6 heteroatoms. The number of imidazole rings is 1. The number of hydrogen-bond donors (Lipinski definition) is 2. The third kappa shape index (κ3) is 4.95. The fraction of sp³-hybridized carbons (Fsp3) is 0.238. The van der Waals surface area contributed by atoms with E-state index in [-0.39, 0.29) is 6.61 Å². The number of anilines is 1. The van der Waals surface area contributed by atoms with E-state index in [0.29, 0.717) is 12.3 Å². The van der Waals surface area contributed by atoms with Gasteiger partial charge in [0.25, 0.3) is 0 Å². The predicted octanol–water partition coefficient (Wildman–Crippen LogP) is 4.50. The highest BCUT2D eigenvalue weighted by Gasteiger charge is 2.07. The first-order valence-electron chi connectivity index (χ1n) is 8.87. The molecule has 0 spiro atoms. The van der Waals surface area contributed by atoms with Crippen molar-refractivity contribution in [3.05, 3.63) is 60.3 Å². The lowest BCUT2D eigenvalue weighted by molar-refractivity contribution is 0.107. The first-order valence-corrected chi connectivity index (χ1v) is 8.87. The van der Waals surface area contributed by atoms with Crippen molar-refractivity contribution >= 4 is 11.8 Å². The number of benzene rings is 2. The number of rotatable bonds is 7. The van der Waals surface area contributed by atoms with Crippen molar-refractivity contribution in [3.8, 4) is 22.6 Å². The topological polar surface area (TPSA) is 76.2 Å². The third-order valence-corrected chi connectivity index (χ3v) is 4.17. The molecular formula is C21H23N3O3. The van der Waals surface area contributed by atoms with E-state index in [0.717, 1.165) is 29.1 Å². The SMILES string of the molecule is CCc1ccc(-c2cnc(-c3ccc(NC(=O)OCCOC)cc3)[nH]2)cc1. The molecule has 0 saturated carbocycles. The predicted molar refractivity (Wildman–Crippen MR) is 106 cm³/mol. The number of aromatic nitrogens is 2. The van der Waals surface area contributed by atoms with Gasteiger partial charge in [-0.2, -0.15) is 0 Å². The fourth-order valence-electron chi connectivity index (χ4n) is 2.62. The van der Waals surface area contributed by atoms with Gasteiger partial charge < -0.3 is 14.5 Å². The highest BCUT2D eigenvalue weighted by atomic mass is 16.6. The number of carbonyl (C=O) groups excluding carboxylic acids is 1. The smallest absolute Gasteiger partial charge is 0.411 e. The molecule has 1 heterocycles. The number of nitrogens with one attached hydrogen (secondary N) is 2. The zero-order valence-electron chi connectivity index (χ0n) is 15.5. The summed E-state index contributed by atoms with van der Waals surface area (Å²) in [5.74, 6) is 0.777. The van der Waals surface area contributed by atoms with Crippen LogP contribution in [0.4, 0.5) is 10.5 Å². The standard InChI is InChI=1S/C21H23N3O3/c1-3-15-4-6-16(7-5-15)19-14-22-20(24-19)17-8-10-18(11-9-17)23-21(25)27-13-12-26-2/h4-11,14H,3,12-13H2,1-2H3,(H,22,24)(H,23,25). The molecule has 0 aliphatic rings. The van der Waals surface area contributed by atoms with Gasteiger partial charge in [0.15, 0.2) is 0 Å². The number of H-pyrrole nitrogens is 1. The van der Waals surface area contributed by atoms with Gasteiger partial charge in [-0.05, 0) is 41.8 Å². The molecule has 0 fully saturated rings. The van der Waals surface area contributed by atoms with Gasteiger partial charge in [0, 0.05) is 18.4 Å². The molecule has 0 saturated heterocycles. The maximum Gasteiger partial charge on any atom is 0.411 e. The Morgan fingerprint density at radius 2 is 1.74 bits per heavy atom. The van der Waals surface area contributed by atoms with Crippen LogP contribution >= 0.6 is 0 Å². The summed E-state index contributed by atoms with van der Waals surface area (Å²) in [5.41, 5.74) is 4.97. The average molecular weight is 365 g/mol. The van der Waals surface area contributed by atoms with Gasteiger partial charge in [-0.25, -0.2) is 9.78 Å². The molecule has 0 unspecified atom stereocenters. The Morgan fingerprint density at radius 1 is 1.04 bits per heavy atom. The molecule has 2 aromatic carbocycles. The molecule has 2 N–H and O–H groups in total. The molecule has 6 nitrogen and oxygen atoms in total. The minimum Gasteiger partial charge on any atom is -0.447 e. The van der Waals surface area contributed by atoms with Crippen LogP contribution in [0.2, 0.25) is 0 Å². The summed E-state index contributed by atoms with van der Waals surface area (Å²) in [6, 6.07) is 15.9. The van der Waals surface area contributed by atoms with E-state index in [2.05, 4.69) is 46.5 Å². The van der Waals surface area contributed by atoms with Gasteiger partial charge in [-0.1, -0.05) is 31.2 Å². The Bertz CT molecular complexity index is 870. The van der Waals surface area contributed by atoms with E-state index in [1.807, 2.05) is 30.5 Å². The molecule has 27 heavy (non-hydrogen) atoms. The molecule has 0 bridgehead atoms. The van der Waals surface area contributed by atoms with Crippen LogP contribution in [0, 0.1) is 0 Å². The Kier molecular flexibility index (Phi) is 6.22. The third-order valence-electron chi connectivity index (χ3n) is 4.17. The molecule has 0 radical (unpaired) electrons. The molecule has 3 rings (SSSR count). The number of methoxy groups -OCH3 is 1. The number of aromatic amines is 1. The summed E-state index contributed by atoms with van der Waals surface area (Å²) in [6.07, 6.45) is 2.35. The maximum absolute atomic E-state index is 11.6. The average Bonchev–Trinajstić information content (AvgIpc) is 3.19. The van der Waals surface area contributed by atoms with Crippen molar-refractivity contribution in [2.24, 2.45) is 0 Å². The summed E-state index contributed by atoms with van der Waals surface area (Å²) in [7, 11) is 1.56.